The average Bonchev–Trinajstić information content (AvgIpc) is 2.84. The molecule has 0 aliphatic carbocycles. The van der Waals surface area contributed by atoms with Crippen molar-refractivity contribution in [2.24, 2.45) is 5.16 Å². The first kappa shape index (κ1) is 19.2. The van der Waals surface area contributed by atoms with E-state index in [2.05, 4.69) is 5.16 Å². The van der Waals surface area contributed by atoms with Crippen LogP contribution in [0.4, 0.5) is 4.39 Å². The Bertz CT molecular complexity index is 424. The van der Waals surface area contributed by atoms with Crippen molar-refractivity contribution in [1.82, 2.24) is 4.90 Å². The van der Waals surface area contributed by atoms with Gasteiger partial charge in [-0.1, -0.05) is 11.6 Å². The molecule has 0 spiro atoms. The van der Waals surface area contributed by atoms with Crippen LogP contribution < -0.4 is 0 Å². The van der Waals surface area contributed by atoms with Gasteiger partial charge in [-0.05, 0) is 19.3 Å². The van der Waals surface area contributed by atoms with Gasteiger partial charge in [0.1, 0.15) is 13.3 Å². The Balaban J connectivity index is 1.95. The van der Waals surface area contributed by atoms with E-state index < -0.39 is 18.9 Å². The van der Waals surface area contributed by atoms with Gasteiger partial charge in [0.25, 0.3) is 11.8 Å². The van der Waals surface area contributed by atoms with Crippen LogP contribution in [0, 0.1) is 0 Å². The number of amides is 2. The number of halogens is 1. The number of hydrogen-bond acceptors (Lipinski definition) is 6. The van der Waals surface area contributed by atoms with Crippen LogP contribution in [0.15, 0.2) is 17.3 Å². The number of rotatable bonds is 12. The first-order valence-electron chi connectivity index (χ1n) is 7.65. The van der Waals surface area contributed by atoms with Crippen molar-refractivity contribution in [1.29, 1.82) is 0 Å². The minimum Gasteiger partial charge on any atom is -0.396 e. The van der Waals surface area contributed by atoms with E-state index >= 15 is 0 Å². The summed E-state index contributed by atoms with van der Waals surface area (Å²) in [6.07, 6.45) is 4.53. The third-order valence-electron chi connectivity index (χ3n) is 3.27. The lowest BCUT2D eigenvalue weighted by molar-refractivity contribution is -0.136. The van der Waals surface area contributed by atoms with E-state index in [1.807, 2.05) is 0 Å². The Hall–Kier alpha value is -1.80. The maximum absolute atomic E-state index is 12.0. The van der Waals surface area contributed by atoms with Gasteiger partial charge >= 0.3 is 0 Å². The fraction of sp³-hybridized carbons (Fsp3) is 0.667. The molecule has 2 atom stereocenters. The fourth-order valence-corrected chi connectivity index (χ4v) is 2.01. The second kappa shape index (κ2) is 10.8. The van der Waals surface area contributed by atoms with Gasteiger partial charge in [-0.3, -0.25) is 14.5 Å². The SMILES string of the molecule is O=C1C=CC(=O)N1CCCCCCO/N=C/C(O)CC(O)CF. The number of unbranched alkanes of at least 4 members (excludes halogenated alkanes) is 3. The van der Waals surface area contributed by atoms with Crippen LogP contribution in [0.5, 0.6) is 0 Å². The summed E-state index contributed by atoms with van der Waals surface area (Å²) in [4.78, 5) is 28.7. The summed E-state index contributed by atoms with van der Waals surface area (Å²) in [6, 6.07) is 0. The van der Waals surface area contributed by atoms with Crippen molar-refractivity contribution < 1.29 is 29.0 Å². The van der Waals surface area contributed by atoms with Crippen molar-refractivity contribution in [3.8, 4) is 0 Å². The van der Waals surface area contributed by atoms with Crippen molar-refractivity contribution in [2.45, 2.75) is 44.3 Å². The van der Waals surface area contributed by atoms with Crippen molar-refractivity contribution in [2.75, 3.05) is 19.8 Å². The third-order valence-corrected chi connectivity index (χ3v) is 3.27. The summed E-state index contributed by atoms with van der Waals surface area (Å²) in [5, 5.41) is 21.9. The van der Waals surface area contributed by atoms with Crippen molar-refractivity contribution in [3.63, 3.8) is 0 Å². The van der Waals surface area contributed by atoms with E-state index in [4.69, 9.17) is 9.94 Å². The zero-order valence-corrected chi connectivity index (χ0v) is 12.9. The summed E-state index contributed by atoms with van der Waals surface area (Å²) in [7, 11) is 0. The maximum atomic E-state index is 12.0. The number of nitrogens with zero attached hydrogens (tertiary/aromatic N) is 2. The lowest BCUT2D eigenvalue weighted by atomic mass is 10.2. The van der Waals surface area contributed by atoms with Gasteiger partial charge in [0, 0.05) is 25.1 Å². The molecule has 0 fully saturated rings. The molecule has 2 amide bonds. The predicted octanol–water partition coefficient (Wildman–Crippen LogP) is 0.556. The molecule has 1 aliphatic heterocycles. The van der Waals surface area contributed by atoms with Gasteiger partial charge in [-0.25, -0.2) is 4.39 Å². The molecular formula is C15H23FN2O5. The van der Waals surface area contributed by atoms with Crippen LogP contribution in [0.1, 0.15) is 32.1 Å². The Morgan fingerprint density at radius 3 is 2.48 bits per heavy atom. The van der Waals surface area contributed by atoms with Crippen molar-refractivity contribution >= 4 is 18.0 Å². The van der Waals surface area contributed by atoms with E-state index in [-0.39, 0.29) is 18.2 Å². The highest BCUT2D eigenvalue weighted by molar-refractivity contribution is 6.12. The zero-order valence-electron chi connectivity index (χ0n) is 12.9. The molecule has 1 rings (SSSR count). The molecule has 0 saturated carbocycles. The van der Waals surface area contributed by atoms with Crippen LogP contribution in [0.3, 0.4) is 0 Å². The number of carbonyl (C=O) groups is 2. The van der Waals surface area contributed by atoms with Crippen LogP contribution >= 0.6 is 0 Å². The minimum absolute atomic E-state index is 0.119. The molecular weight excluding hydrogens is 307 g/mol. The van der Waals surface area contributed by atoms with Gasteiger partial charge < -0.3 is 15.1 Å². The van der Waals surface area contributed by atoms with Gasteiger partial charge in [0.2, 0.25) is 0 Å². The smallest absolute Gasteiger partial charge is 0.253 e. The molecule has 1 heterocycles. The summed E-state index contributed by atoms with van der Waals surface area (Å²) in [6.45, 7) is -0.110. The lowest BCUT2D eigenvalue weighted by Crippen LogP contribution is -2.30. The summed E-state index contributed by atoms with van der Waals surface area (Å²) in [5.74, 6) is -0.520. The molecule has 0 aromatic rings. The lowest BCUT2D eigenvalue weighted by Gasteiger charge is -2.12. The van der Waals surface area contributed by atoms with Crippen LogP contribution in [0.25, 0.3) is 0 Å². The quantitative estimate of drug-likeness (QED) is 0.236. The minimum atomic E-state index is -1.19. The van der Waals surface area contributed by atoms with Gasteiger partial charge in [-0.2, -0.15) is 0 Å². The molecule has 23 heavy (non-hydrogen) atoms. The normalized spacial score (nSPS) is 17.3. The molecule has 0 aromatic carbocycles. The van der Waals surface area contributed by atoms with Crippen LogP contribution in [-0.4, -0.2) is 65.2 Å². The molecule has 2 N–H and O–H groups in total. The molecule has 0 bridgehead atoms. The molecule has 0 aromatic heterocycles. The number of aliphatic hydroxyl groups excluding tert-OH is 2. The number of hydrogen-bond donors (Lipinski definition) is 2. The van der Waals surface area contributed by atoms with E-state index in [0.29, 0.717) is 13.2 Å². The fourth-order valence-electron chi connectivity index (χ4n) is 2.01. The third kappa shape index (κ3) is 7.85. The highest BCUT2D eigenvalue weighted by Crippen LogP contribution is 2.07. The number of imide groups is 1. The second-order valence-corrected chi connectivity index (χ2v) is 5.27. The summed E-state index contributed by atoms with van der Waals surface area (Å²) in [5.41, 5.74) is 0. The van der Waals surface area contributed by atoms with Crippen LogP contribution in [0.2, 0.25) is 0 Å². The number of carbonyl (C=O) groups excluding carboxylic acids is 2. The van der Waals surface area contributed by atoms with E-state index in [1.165, 1.54) is 17.1 Å². The predicted molar refractivity (Wildman–Crippen MR) is 81.4 cm³/mol. The average molecular weight is 330 g/mol. The molecule has 1 aliphatic rings. The highest BCUT2D eigenvalue weighted by atomic mass is 19.1. The number of oxime groups is 1. The highest BCUT2D eigenvalue weighted by Gasteiger charge is 2.21. The van der Waals surface area contributed by atoms with E-state index in [9.17, 15) is 19.1 Å². The largest absolute Gasteiger partial charge is 0.396 e. The molecule has 7 nitrogen and oxygen atoms in total. The Kier molecular flexibility index (Phi) is 9.08. The molecule has 130 valence electrons. The molecule has 2 unspecified atom stereocenters. The topological polar surface area (TPSA) is 99.4 Å². The zero-order chi connectivity index (χ0) is 17.1. The van der Waals surface area contributed by atoms with Gasteiger partial charge in [0.15, 0.2) is 0 Å². The molecule has 0 radical (unpaired) electrons. The monoisotopic (exact) mass is 330 g/mol. The first-order valence-corrected chi connectivity index (χ1v) is 7.65. The maximum Gasteiger partial charge on any atom is 0.253 e. The second-order valence-electron chi connectivity index (χ2n) is 5.27. The summed E-state index contributed by atoms with van der Waals surface area (Å²) < 4.78 is 12.0. The number of alkyl halides is 1. The van der Waals surface area contributed by atoms with Crippen molar-refractivity contribution in [3.05, 3.63) is 12.2 Å². The van der Waals surface area contributed by atoms with Crippen LogP contribution in [-0.2, 0) is 14.4 Å². The van der Waals surface area contributed by atoms with E-state index in [1.54, 1.807) is 0 Å². The van der Waals surface area contributed by atoms with Gasteiger partial charge in [-0.15, -0.1) is 0 Å². The number of aliphatic hydroxyl groups is 2. The summed E-state index contributed by atoms with van der Waals surface area (Å²) >= 11 is 0. The van der Waals surface area contributed by atoms with Gasteiger partial charge in [0.05, 0.1) is 18.4 Å². The van der Waals surface area contributed by atoms with E-state index in [0.717, 1.165) is 31.9 Å². The molecule has 8 heteroatoms. The first-order chi connectivity index (χ1) is 11.0. The Labute approximate surface area is 134 Å². The Morgan fingerprint density at radius 2 is 1.83 bits per heavy atom. The molecule has 0 saturated heterocycles. The standard InChI is InChI=1S/C15H23FN2O5/c16-10-12(19)9-13(20)11-17-23-8-4-2-1-3-7-18-14(21)5-6-15(18)22/h5-6,11-13,19-20H,1-4,7-10H2/b17-11+. The Morgan fingerprint density at radius 1 is 1.17 bits per heavy atom.